The Kier molecular flexibility index (Phi) is 3.94. The molecule has 2 aromatic rings. The molecule has 0 aliphatic carbocycles. The molecule has 0 spiro atoms. The molecule has 0 aliphatic heterocycles. The van der Waals surface area contributed by atoms with Crippen LogP contribution in [0.5, 0.6) is 0 Å². The quantitative estimate of drug-likeness (QED) is 0.608. The topological polar surface area (TPSA) is 30.0 Å². The zero-order valence-electron chi connectivity index (χ0n) is 9.54. The Hall–Kier alpha value is -1.61. The van der Waals surface area contributed by atoms with Gasteiger partial charge >= 0.3 is 0 Å². The van der Waals surface area contributed by atoms with Gasteiger partial charge in [0.05, 0.1) is 10.3 Å². The van der Waals surface area contributed by atoms with E-state index in [2.05, 4.69) is 4.98 Å². The van der Waals surface area contributed by atoms with E-state index in [0.29, 0.717) is 0 Å². The molecule has 86 valence electrons. The third kappa shape index (κ3) is 3.17. The number of hydrogen-bond donors (Lipinski definition) is 0. The first-order valence-electron chi connectivity index (χ1n) is 5.44. The monoisotopic (exact) mass is 243 g/mol. The summed E-state index contributed by atoms with van der Waals surface area (Å²) in [6, 6.07) is 15.1. The second-order valence-corrected chi connectivity index (χ2v) is 5.02. The summed E-state index contributed by atoms with van der Waals surface area (Å²) in [6.07, 6.45) is 1.74. The highest BCUT2D eigenvalue weighted by molar-refractivity contribution is 8.00. The van der Waals surface area contributed by atoms with E-state index in [-0.39, 0.29) is 11.0 Å². The standard InChI is InChI=1S/C14H13NOS/c1-11(17-13-9-5-6-10-15-13)14(16)12-7-3-2-4-8-12/h2-11H,1H3. The minimum atomic E-state index is -0.118. The van der Waals surface area contributed by atoms with Gasteiger partial charge in [-0.3, -0.25) is 4.79 Å². The number of nitrogens with zero attached hydrogens (tertiary/aromatic N) is 1. The van der Waals surface area contributed by atoms with Gasteiger partial charge in [-0.25, -0.2) is 4.98 Å². The van der Waals surface area contributed by atoms with Gasteiger partial charge in [0, 0.05) is 11.8 Å². The third-order valence-electron chi connectivity index (χ3n) is 2.36. The molecule has 0 saturated heterocycles. The average molecular weight is 243 g/mol. The van der Waals surface area contributed by atoms with Crippen LogP contribution in [0, 0.1) is 0 Å². The summed E-state index contributed by atoms with van der Waals surface area (Å²) < 4.78 is 0. The smallest absolute Gasteiger partial charge is 0.175 e. The number of carbonyl (C=O) groups is 1. The zero-order valence-corrected chi connectivity index (χ0v) is 10.4. The molecule has 1 aromatic heterocycles. The summed E-state index contributed by atoms with van der Waals surface area (Å²) in [4.78, 5) is 16.3. The van der Waals surface area contributed by atoms with E-state index in [1.165, 1.54) is 11.8 Å². The van der Waals surface area contributed by atoms with Crippen molar-refractivity contribution in [1.29, 1.82) is 0 Å². The van der Waals surface area contributed by atoms with Gasteiger partial charge < -0.3 is 0 Å². The van der Waals surface area contributed by atoms with Gasteiger partial charge in [-0.1, -0.05) is 48.2 Å². The minimum absolute atomic E-state index is 0.118. The Balaban J connectivity index is 2.06. The molecule has 0 N–H and O–H groups in total. The molecule has 0 bridgehead atoms. The SMILES string of the molecule is CC(Sc1ccccn1)C(=O)c1ccccc1. The normalized spacial score (nSPS) is 12.1. The van der Waals surface area contributed by atoms with Crippen LogP contribution in [0.4, 0.5) is 0 Å². The molecule has 1 unspecified atom stereocenters. The van der Waals surface area contributed by atoms with Crippen LogP contribution in [0.2, 0.25) is 0 Å². The van der Waals surface area contributed by atoms with Gasteiger partial charge in [-0.2, -0.15) is 0 Å². The van der Waals surface area contributed by atoms with E-state index in [1.807, 2.05) is 55.5 Å². The van der Waals surface area contributed by atoms with Crippen molar-refractivity contribution in [1.82, 2.24) is 4.98 Å². The summed E-state index contributed by atoms with van der Waals surface area (Å²) in [5.41, 5.74) is 0.753. The molecule has 0 aliphatic rings. The Labute approximate surface area is 105 Å². The van der Waals surface area contributed by atoms with Crippen molar-refractivity contribution in [3.05, 3.63) is 60.3 Å². The van der Waals surface area contributed by atoms with Crippen molar-refractivity contribution in [2.75, 3.05) is 0 Å². The highest BCUT2D eigenvalue weighted by Gasteiger charge is 2.16. The van der Waals surface area contributed by atoms with Crippen molar-refractivity contribution >= 4 is 17.5 Å². The van der Waals surface area contributed by atoms with E-state index in [0.717, 1.165) is 10.6 Å². The zero-order chi connectivity index (χ0) is 12.1. The number of pyridine rings is 1. The Morgan fingerprint density at radius 2 is 1.82 bits per heavy atom. The molecule has 0 fully saturated rings. The maximum Gasteiger partial charge on any atom is 0.175 e. The highest BCUT2D eigenvalue weighted by atomic mass is 32.2. The van der Waals surface area contributed by atoms with Crippen molar-refractivity contribution in [3.63, 3.8) is 0 Å². The number of aromatic nitrogens is 1. The Bertz CT molecular complexity index is 484. The van der Waals surface area contributed by atoms with E-state index in [9.17, 15) is 4.79 Å². The molecule has 0 radical (unpaired) electrons. The van der Waals surface area contributed by atoms with Crippen molar-refractivity contribution < 1.29 is 4.79 Å². The number of Topliss-reactive ketones (excluding diaryl/α,β-unsaturated/α-hetero) is 1. The average Bonchev–Trinajstić information content (AvgIpc) is 2.40. The van der Waals surface area contributed by atoms with Crippen LogP contribution in [0.25, 0.3) is 0 Å². The maximum atomic E-state index is 12.1. The predicted octanol–water partition coefficient (Wildman–Crippen LogP) is 3.45. The Morgan fingerprint density at radius 1 is 1.12 bits per heavy atom. The van der Waals surface area contributed by atoms with Crippen LogP contribution in [-0.4, -0.2) is 16.0 Å². The molecule has 1 heterocycles. The number of carbonyl (C=O) groups excluding carboxylic acids is 1. The number of thioether (sulfide) groups is 1. The van der Waals surface area contributed by atoms with E-state index in [4.69, 9.17) is 0 Å². The number of ketones is 1. The van der Waals surface area contributed by atoms with Gasteiger partial charge in [0.25, 0.3) is 0 Å². The fourth-order valence-corrected chi connectivity index (χ4v) is 2.37. The molecular formula is C14H13NOS. The molecule has 0 saturated carbocycles. The van der Waals surface area contributed by atoms with Crippen molar-refractivity contribution in [2.24, 2.45) is 0 Å². The molecule has 1 atom stereocenters. The predicted molar refractivity (Wildman–Crippen MR) is 70.3 cm³/mol. The van der Waals surface area contributed by atoms with E-state index in [1.54, 1.807) is 6.20 Å². The van der Waals surface area contributed by atoms with Gasteiger partial charge in [-0.05, 0) is 19.1 Å². The first-order chi connectivity index (χ1) is 8.27. The van der Waals surface area contributed by atoms with E-state index >= 15 is 0 Å². The van der Waals surface area contributed by atoms with Gasteiger partial charge in [0.15, 0.2) is 5.78 Å². The number of hydrogen-bond acceptors (Lipinski definition) is 3. The van der Waals surface area contributed by atoms with Crippen molar-refractivity contribution in [2.45, 2.75) is 17.2 Å². The molecule has 3 heteroatoms. The molecule has 2 nitrogen and oxygen atoms in total. The minimum Gasteiger partial charge on any atom is -0.293 e. The van der Waals surface area contributed by atoms with Crippen LogP contribution >= 0.6 is 11.8 Å². The van der Waals surface area contributed by atoms with E-state index < -0.39 is 0 Å². The third-order valence-corrected chi connectivity index (χ3v) is 3.41. The van der Waals surface area contributed by atoms with Crippen LogP contribution in [0.15, 0.2) is 59.8 Å². The molecule has 2 rings (SSSR count). The summed E-state index contributed by atoms with van der Waals surface area (Å²) in [6.45, 7) is 1.91. The Morgan fingerprint density at radius 3 is 2.47 bits per heavy atom. The summed E-state index contributed by atoms with van der Waals surface area (Å²) >= 11 is 1.49. The second-order valence-electron chi connectivity index (χ2n) is 3.66. The molecule has 17 heavy (non-hydrogen) atoms. The summed E-state index contributed by atoms with van der Waals surface area (Å²) in [7, 11) is 0. The number of rotatable bonds is 4. The number of benzene rings is 1. The molecule has 1 aromatic carbocycles. The van der Waals surface area contributed by atoms with Crippen molar-refractivity contribution in [3.8, 4) is 0 Å². The highest BCUT2D eigenvalue weighted by Crippen LogP contribution is 2.23. The first kappa shape index (κ1) is 11.9. The first-order valence-corrected chi connectivity index (χ1v) is 6.32. The summed E-state index contributed by atoms with van der Waals surface area (Å²) in [5.74, 6) is 0.140. The van der Waals surface area contributed by atoms with Gasteiger partial charge in [0.1, 0.15) is 0 Å². The molecule has 0 amide bonds. The van der Waals surface area contributed by atoms with Crippen LogP contribution in [-0.2, 0) is 0 Å². The lowest BCUT2D eigenvalue weighted by Gasteiger charge is -2.09. The molecular weight excluding hydrogens is 230 g/mol. The van der Waals surface area contributed by atoms with Gasteiger partial charge in [0.2, 0.25) is 0 Å². The largest absolute Gasteiger partial charge is 0.293 e. The fraction of sp³-hybridized carbons (Fsp3) is 0.143. The maximum absolute atomic E-state index is 12.1. The lowest BCUT2D eigenvalue weighted by molar-refractivity contribution is 0.0994. The van der Waals surface area contributed by atoms with Crippen LogP contribution in [0.3, 0.4) is 0 Å². The lowest BCUT2D eigenvalue weighted by atomic mass is 10.1. The fourth-order valence-electron chi connectivity index (χ4n) is 1.49. The van der Waals surface area contributed by atoms with Crippen LogP contribution < -0.4 is 0 Å². The second kappa shape index (κ2) is 5.64. The van der Waals surface area contributed by atoms with Gasteiger partial charge in [-0.15, -0.1) is 0 Å². The lowest BCUT2D eigenvalue weighted by Crippen LogP contribution is -2.13. The van der Waals surface area contributed by atoms with Crippen LogP contribution in [0.1, 0.15) is 17.3 Å². The summed E-state index contributed by atoms with van der Waals surface area (Å²) in [5, 5.41) is 0.761.